The van der Waals surface area contributed by atoms with Gasteiger partial charge in [0.25, 0.3) is 7.82 Å². The molecule has 3 unspecified atom stereocenters. The van der Waals surface area contributed by atoms with E-state index < -0.39 is 20.0 Å². The summed E-state index contributed by atoms with van der Waals surface area (Å²) in [6, 6.07) is -0.800. The van der Waals surface area contributed by atoms with E-state index in [0.717, 1.165) is 38.5 Å². The fourth-order valence-corrected chi connectivity index (χ4v) is 10.2. The van der Waals surface area contributed by atoms with Crippen molar-refractivity contribution < 1.29 is 32.9 Å². The number of hydrogen-bond acceptors (Lipinski definition) is 6. The Balaban J connectivity index is 4.10. The van der Waals surface area contributed by atoms with Gasteiger partial charge in [-0.1, -0.05) is 283 Å². The molecule has 0 bridgehead atoms. The molecule has 0 saturated carbocycles. The van der Waals surface area contributed by atoms with Crippen LogP contribution in [0.1, 0.15) is 316 Å². The highest BCUT2D eigenvalue weighted by Crippen LogP contribution is 2.38. The van der Waals surface area contributed by atoms with Gasteiger partial charge in [-0.05, 0) is 38.5 Å². The van der Waals surface area contributed by atoms with Crippen LogP contribution in [0.15, 0.2) is 12.2 Å². The molecule has 2 N–H and O–H groups in total. The molecule has 8 nitrogen and oxygen atoms in total. The summed E-state index contributed by atoms with van der Waals surface area (Å²) < 4.78 is 23.5. The van der Waals surface area contributed by atoms with E-state index in [1.807, 2.05) is 21.1 Å². The Hall–Kier alpha value is -0.760. The van der Waals surface area contributed by atoms with Crippen LogP contribution in [-0.4, -0.2) is 68.5 Å². The van der Waals surface area contributed by atoms with Gasteiger partial charge in [-0.25, -0.2) is 0 Å². The maximum absolute atomic E-state index is 13.0. The van der Waals surface area contributed by atoms with Gasteiger partial charge in [0.05, 0.1) is 39.9 Å². The third-order valence-corrected chi connectivity index (χ3v) is 15.2. The van der Waals surface area contributed by atoms with Gasteiger partial charge in [0.15, 0.2) is 0 Å². The third kappa shape index (κ3) is 54.8. The highest BCUT2D eigenvalue weighted by molar-refractivity contribution is 7.45. The van der Waals surface area contributed by atoms with Crippen LogP contribution in [0.3, 0.4) is 0 Å². The quantitative estimate of drug-likeness (QED) is 0.0272. The van der Waals surface area contributed by atoms with Gasteiger partial charge in [0, 0.05) is 6.42 Å². The van der Waals surface area contributed by atoms with E-state index in [-0.39, 0.29) is 19.1 Å². The van der Waals surface area contributed by atoms with E-state index in [9.17, 15) is 19.4 Å². The molecule has 69 heavy (non-hydrogen) atoms. The number of aliphatic hydroxyl groups is 1. The maximum atomic E-state index is 13.0. The Kier molecular flexibility index (Phi) is 51.5. The number of likely N-dealkylation sites (N-methyl/N-ethyl adjacent to an activating group) is 1. The first-order chi connectivity index (χ1) is 33.5. The van der Waals surface area contributed by atoms with Gasteiger partial charge in [0.1, 0.15) is 13.2 Å². The Morgan fingerprint density at radius 2 is 0.797 bits per heavy atom. The second kappa shape index (κ2) is 52.1. The van der Waals surface area contributed by atoms with E-state index >= 15 is 0 Å². The van der Waals surface area contributed by atoms with Crippen molar-refractivity contribution in [3.8, 4) is 0 Å². The van der Waals surface area contributed by atoms with Crippen molar-refractivity contribution in [1.29, 1.82) is 0 Å². The van der Waals surface area contributed by atoms with Gasteiger partial charge in [0.2, 0.25) is 5.91 Å². The van der Waals surface area contributed by atoms with E-state index in [4.69, 9.17) is 9.05 Å². The summed E-state index contributed by atoms with van der Waals surface area (Å²) in [5, 5.41) is 14.1. The van der Waals surface area contributed by atoms with Crippen LogP contribution in [-0.2, 0) is 18.4 Å². The molecule has 0 aromatic heterocycles. The fraction of sp³-hybridized carbons (Fsp3) is 0.950. The van der Waals surface area contributed by atoms with Crippen LogP contribution < -0.4 is 10.2 Å². The molecule has 0 aromatic rings. The highest BCUT2D eigenvalue weighted by atomic mass is 31.2. The van der Waals surface area contributed by atoms with Gasteiger partial charge in [-0.3, -0.25) is 9.36 Å². The van der Waals surface area contributed by atoms with E-state index in [2.05, 4.69) is 31.3 Å². The molecule has 0 radical (unpaired) electrons. The van der Waals surface area contributed by atoms with E-state index in [0.29, 0.717) is 23.9 Å². The number of allylic oxidation sites excluding steroid dienone is 2. The summed E-state index contributed by atoms with van der Waals surface area (Å²) in [7, 11) is 1.32. The second-order valence-corrected chi connectivity index (χ2v) is 23.8. The standard InChI is InChI=1S/C60H121N2O6P/c1-6-8-10-12-14-16-18-20-22-24-26-28-29-30-31-32-34-35-37-39-41-43-45-47-49-51-53-59(63)58(57-68-69(65,66)67-56-55-62(3,4)5)61-60(64)54-52-50-48-46-44-42-40-38-36-33-27-25-23-21-19-17-15-13-11-9-7-2/h25,27,58-59,63H,6-24,26,28-57H2,1-5H3,(H-,61,64,65,66)/b27-25-. The number of amides is 1. The maximum Gasteiger partial charge on any atom is 0.268 e. The molecular weight excluding hydrogens is 876 g/mol. The topological polar surface area (TPSA) is 108 Å². The zero-order valence-corrected chi connectivity index (χ0v) is 47.9. The zero-order chi connectivity index (χ0) is 50.6. The Morgan fingerprint density at radius 3 is 1.13 bits per heavy atom. The Labute approximate surface area is 431 Å². The highest BCUT2D eigenvalue weighted by Gasteiger charge is 2.24. The van der Waals surface area contributed by atoms with E-state index in [1.54, 1.807) is 0 Å². The molecule has 0 fully saturated rings. The minimum Gasteiger partial charge on any atom is -0.756 e. The third-order valence-electron chi connectivity index (χ3n) is 14.3. The average molecular weight is 998 g/mol. The van der Waals surface area contributed by atoms with Crippen molar-refractivity contribution in [2.45, 2.75) is 328 Å². The summed E-state index contributed by atoms with van der Waals surface area (Å²) in [5.41, 5.74) is 0. The molecule has 0 aliphatic rings. The number of carbonyl (C=O) groups excluding carboxylic acids is 1. The molecule has 0 spiro atoms. The van der Waals surface area contributed by atoms with E-state index in [1.165, 1.54) is 250 Å². The molecule has 3 atom stereocenters. The first kappa shape index (κ1) is 68.2. The zero-order valence-electron chi connectivity index (χ0n) is 47.0. The predicted octanol–water partition coefficient (Wildman–Crippen LogP) is 18.0. The van der Waals surface area contributed by atoms with Crippen LogP contribution in [0.5, 0.6) is 0 Å². The molecule has 412 valence electrons. The molecule has 0 heterocycles. The van der Waals surface area contributed by atoms with Crippen LogP contribution in [0.25, 0.3) is 0 Å². The number of aliphatic hydroxyl groups excluding tert-OH is 1. The number of rotatable bonds is 57. The number of unbranched alkanes of at least 4 members (excludes halogenated alkanes) is 42. The lowest BCUT2D eigenvalue weighted by molar-refractivity contribution is -0.870. The number of nitrogens with one attached hydrogen (secondary N) is 1. The normalized spacial score (nSPS) is 13.9. The number of phosphoric acid groups is 1. The van der Waals surface area contributed by atoms with Gasteiger partial charge >= 0.3 is 0 Å². The number of quaternary nitrogens is 1. The number of nitrogens with zero attached hydrogens (tertiary/aromatic N) is 1. The molecule has 0 saturated heterocycles. The van der Waals surface area contributed by atoms with Crippen molar-refractivity contribution in [2.24, 2.45) is 0 Å². The predicted molar refractivity (Wildman–Crippen MR) is 298 cm³/mol. The van der Waals surface area contributed by atoms with Gasteiger partial charge in [-0.15, -0.1) is 0 Å². The fourth-order valence-electron chi connectivity index (χ4n) is 9.45. The lowest BCUT2D eigenvalue weighted by Gasteiger charge is -2.30. The Morgan fingerprint density at radius 1 is 0.493 bits per heavy atom. The molecule has 9 heteroatoms. The number of hydrogen-bond donors (Lipinski definition) is 2. The molecule has 1 amide bonds. The monoisotopic (exact) mass is 997 g/mol. The molecule has 0 aromatic carbocycles. The van der Waals surface area contributed by atoms with Crippen molar-refractivity contribution in [3.05, 3.63) is 12.2 Å². The number of phosphoric ester groups is 1. The van der Waals surface area contributed by atoms with Crippen LogP contribution in [0, 0.1) is 0 Å². The van der Waals surface area contributed by atoms with Gasteiger partial charge in [-0.2, -0.15) is 0 Å². The summed E-state index contributed by atoms with van der Waals surface area (Å²) in [4.78, 5) is 25.6. The smallest absolute Gasteiger partial charge is 0.268 e. The second-order valence-electron chi connectivity index (χ2n) is 22.4. The van der Waals surface area contributed by atoms with Crippen LogP contribution >= 0.6 is 7.82 Å². The van der Waals surface area contributed by atoms with Crippen LogP contribution in [0.4, 0.5) is 0 Å². The summed E-state index contributed by atoms with van der Waals surface area (Å²) in [6.07, 6.45) is 63.9. The van der Waals surface area contributed by atoms with Crippen molar-refractivity contribution >= 4 is 13.7 Å². The SMILES string of the molecule is CCCCCCCCCC/C=C\CCCCCCCCCCCC(=O)NC(COP(=O)([O-])OCC[N+](C)(C)C)C(O)CCCCCCCCCCCCCCCCCCCCCCCCCCCC. The Bertz CT molecular complexity index is 1130. The van der Waals surface area contributed by atoms with Crippen molar-refractivity contribution in [3.63, 3.8) is 0 Å². The molecular formula is C60H121N2O6P. The largest absolute Gasteiger partial charge is 0.756 e. The summed E-state index contributed by atoms with van der Waals surface area (Å²) in [5.74, 6) is -0.161. The minimum atomic E-state index is -4.57. The molecule has 0 aliphatic heterocycles. The summed E-state index contributed by atoms with van der Waals surface area (Å²) >= 11 is 0. The lowest BCUT2D eigenvalue weighted by Crippen LogP contribution is -2.46. The molecule has 0 rings (SSSR count). The summed E-state index contributed by atoms with van der Waals surface area (Å²) in [6.45, 7) is 4.77. The average Bonchev–Trinajstić information content (AvgIpc) is 3.31. The first-order valence-corrected chi connectivity index (χ1v) is 32.0. The lowest BCUT2D eigenvalue weighted by atomic mass is 10.0. The van der Waals surface area contributed by atoms with Gasteiger partial charge < -0.3 is 28.8 Å². The minimum absolute atomic E-state index is 0.0144. The van der Waals surface area contributed by atoms with Crippen LogP contribution in [0.2, 0.25) is 0 Å². The van der Waals surface area contributed by atoms with Crippen molar-refractivity contribution in [1.82, 2.24) is 5.32 Å². The first-order valence-electron chi connectivity index (χ1n) is 30.5. The number of carbonyl (C=O) groups is 1. The molecule has 0 aliphatic carbocycles. The van der Waals surface area contributed by atoms with Crippen molar-refractivity contribution in [2.75, 3.05) is 40.9 Å².